The highest BCUT2D eigenvalue weighted by atomic mass is 32.1. The van der Waals surface area contributed by atoms with E-state index >= 15 is 0 Å². The summed E-state index contributed by atoms with van der Waals surface area (Å²) in [4.78, 5) is 23.7. The number of nitrogens with one attached hydrogen (secondary N) is 2. The van der Waals surface area contributed by atoms with Crippen LogP contribution < -0.4 is 10.6 Å². The molecule has 1 aliphatic rings. The number of nitriles is 1. The van der Waals surface area contributed by atoms with Gasteiger partial charge in [-0.25, -0.2) is 0 Å². The van der Waals surface area contributed by atoms with Crippen LogP contribution in [-0.4, -0.2) is 23.5 Å². The second-order valence-electron chi connectivity index (χ2n) is 4.25. The molecule has 1 aromatic heterocycles. The molecule has 1 unspecified atom stereocenters. The van der Waals surface area contributed by atoms with Gasteiger partial charge in [-0.15, -0.1) is 11.3 Å². The van der Waals surface area contributed by atoms with Crippen LogP contribution in [0.5, 0.6) is 0 Å². The van der Waals surface area contributed by atoms with Crippen molar-refractivity contribution < 1.29 is 22.8 Å². The molecule has 9 heteroatoms. The van der Waals surface area contributed by atoms with Crippen LogP contribution in [0.4, 0.5) is 13.2 Å². The second-order valence-corrected chi connectivity index (χ2v) is 5.19. The summed E-state index contributed by atoms with van der Waals surface area (Å²) >= 11 is 0.925. The Bertz CT molecular complexity index is 673. The van der Waals surface area contributed by atoms with E-state index in [1.807, 2.05) is 5.32 Å². The molecule has 1 aliphatic heterocycles. The quantitative estimate of drug-likeness (QED) is 0.871. The van der Waals surface area contributed by atoms with Crippen LogP contribution in [0.1, 0.15) is 16.6 Å². The Labute approximate surface area is 121 Å². The summed E-state index contributed by atoms with van der Waals surface area (Å²) in [6.45, 7) is 1.17. The summed E-state index contributed by atoms with van der Waals surface area (Å²) in [5.41, 5.74) is -4.44. The van der Waals surface area contributed by atoms with Crippen molar-refractivity contribution in [3.63, 3.8) is 0 Å². The molecule has 0 saturated carbocycles. The van der Waals surface area contributed by atoms with Gasteiger partial charge in [-0.3, -0.25) is 9.59 Å². The number of hydrogen-bond acceptors (Lipinski definition) is 4. The van der Waals surface area contributed by atoms with E-state index in [4.69, 9.17) is 5.26 Å². The lowest BCUT2D eigenvalue weighted by Gasteiger charge is -2.30. The van der Waals surface area contributed by atoms with Crippen molar-refractivity contribution in [3.05, 3.63) is 33.7 Å². The van der Waals surface area contributed by atoms with Gasteiger partial charge in [-0.1, -0.05) is 6.07 Å². The topological polar surface area (TPSA) is 82.0 Å². The maximum absolute atomic E-state index is 13.4. The fourth-order valence-corrected chi connectivity index (χ4v) is 2.61. The van der Waals surface area contributed by atoms with Crippen LogP contribution >= 0.6 is 11.3 Å². The van der Waals surface area contributed by atoms with Crippen LogP contribution in [0.15, 0.2) is 28.8 Å². The monoisotopic (exact) mass is 315 g/mol. The number of alkyl halides is 3. The van der Waals surface area contributed by atoms with E-state index < -0.39 is 29.1 Å². The summed E-state index contributed by atoms with van der Waals surface area (Å²) in [5.74, 6) is -2.56. The molecule has 0 bridgehead atoms. The number of carbonyl (C=O) groups excluding carboxylic acids is 2. The van der Waals surface area contributed by atoms with E-state index in [1.165, 1.54) is 30.5 Å². The molecule has 0 fully saturated rings. The van der Waals surface area contributed by atoms with Crippen LogP contribution in [0, 0.1) is 11.3 Å². The SMILES string of the molecule is CC1=C(C#N)C(NC(=O)c2cccs2)(C(F)(F)F)C(=O)N1. The number of thiophene rings is 1. The van der Waals surface area contributed by atoms with E-state index in [-0.39, 0.29) is 10.6 Å². The molecule has 0 saturated heterocycles. The highest BCUT2D eigenvalue weighted by molar-refractivity contribution is 7.12. The van der Waals surface area contributed by atoms with Gasteiger partial charge in [0, 0.05) is 5.70 Å². The third-order valence-electron chi connectivity index (χ3n) is 2.97. The van der Waals surface area contributed by atoms with E-state index in [0.717, 1.165) is 11.3 Å². The second kappa shape index (κ2) is 4.89. The molecule has 110 valence electrons. The largest absolute Gasteiger partial charge is 0.425 e. The minimum absolute atomic E-state index is 0.00766. The number of hydrogen-bond donors (Lipinski definition) is 2. The van der Waals surface area contributed by atoms with Gasteiger partial charge in [0.1, 0.15) is 0 Å². The average molecular weight is 315 g/mol. The number of amides is 2. The molecule has 0 radical (unpaired) electrons. The lowest BCUT2D eigenvalue weighted by Crippen LogP contribution is -2.64. The number of carbonyl (C=O) groups is 2. The molecule has 2 N–H and O–H groups in total. The number of halogens is 3. The van der Waals surface area contributed by atoms with E-state index in [9.17, 15) is 22.8 Å². The predicted octanol–water partition coefficient (Wildman–Crippen LogP) is 1.71. The molecule has 1 aromatic rings. The molecule has 0 aromatic carbocycles. The van der Waals surface area contributed by atoms with Crippen LogP contribution in [0.3, 0.4) is 0 Å². The summed E-state index contributed by atoms with van der Waals surface area (Å²) in [7, 11) is 0. The Kier molecular flexibility index (Phi) is 3.51. The van der Waals surface area contributed by atoms with E-state index in [0.29, 0.717) is 0 Å². The Hall–Kier alpha value is -2.34. The normalized spacial score (nSPS) is 22.0. The van der Waals surface area contributed by atoms with Crippen molar-refractivity contribution in [2.24, 2.45) is 0 Å². The molecule has 2 amide bonds. The number of nitrogens with zero attached hydrogens (tertiary/aromatic N) is 1. The Balaban J connectivity index is 2.53. The summed E-state index contributed by atoms with van der Waals surface area (Å²) < 4.78 is 40.3. The molecule has 2 rings (SSSR count). The highest BCUT2D eigenvalue weighted by Crippen LogP contribution is 2.40. The zero-order valence-corrected chi connectivity index (χ0v) is 11.4. The van der Waals surface area contributed by atoms with E-state index in [2.05, 4.69) is 0 Å². The van der Waals surface area contributed by atoms with Crippen molar-refractivity contribution in [3.8, 4) is 6.07 Å². The van der Waals surface area contributed by atoms with Crippen molar-refractivity contribution in [2.75, 3.05) is 0 Å². The van der Waals surface area contributed by atoms with Crippen molar-refractivity contribution in [2.45, 2.75) is 18.6 Å². The molecular weight excluding hydrogens is 307 g/mol. The molecule has 0 aliphatic carbocycles. The minimum Gasteiger partial charge on any atom is -0.326 e. The average Bonchev–Trinajstić information content (AvgIpc) is 2.96. The van der Waals surface area contributed by atoms with Gasteiger partial charge < -0.3 is 10.6 Å². The third-order valence-corrected chi connectivity index (χ3v) is 3.84. The minimum atomic E-state index is -5.15. The Morgan fingerprint density at radius 2 is 2.19 bits per heavy atom. The maximum atomic E-state index is 13.4. The molecule has 5 nitrogen and oxygen atoms in total. The first kappa shape index (κ1) is 15.1. The number of allylic oxidation sites excluding steroid dienone is 1. The van der Waals surface area contributed by atoms with Gasteiger partial charge in [0.25, 0.3) is 17.4 Å². The Morgan fingerprint density at radius 1 is 1.52 bits per heavy atom. The Morgan fingerprint density at radius 3 is 2.67 bits per heavy atom. The van der Waals surface area contributed by atoms with Gasteiger partial charge in [-0.2, -0.15) is 18.4 Å². The first-order valence-corrected chi connectivity index (χ1v) is 6.47. The predicted molar refractivity (Wildman–Crippen MR) is 67.0 cm³/mol. The maximum Gasteiger partial charge on any atom is 0.425 e. The summed E-state index contributed by atoms with van der Waals surface area (Å²) in [5, 5.41) is 14.1. The standard InChI is InChI=1S/C12H8F3N3O2S/c1-6-7(5-16)11(10(20)17-6,12(13,14)15)18-9(19)8-3-2-4-21-8/h2-4H,1H3,(H,17,20)(H,18,19). The zero-order chi connectivity index (χ0) is 15.8. The van der Waals surface area contributed by atoms with E-state index in [1.54, 1.807) is 5.32 Å². The van der Waals surface area contributed by atoms with Gasteiger partial charge in [0.15, 0.2) is 0 Å². The smallest absolute Gasteiger partial charge is 0.326 e. The zero-order valence-electron chi connectivity index (χ0n) is 10.5. The summed E-state index contributed by atoms with van der Waals surface area (Å²) in [6, 6.07) is 4.16. The molecule has 0 spiro atoms. The van der Waals surface area contributed by atoms with Crippen LogP contribution in [-0.2, 0) is 4.79 Å². The highest BCUT2D eigenvalue weighted by Gasteiger charge is 2.67. The summed E-state index contributed by atoms with van der Waals surface area (Å²) in [6.07, 6.45) is -5.15. The van der Waals surface area contributed by atoms with Crippen LogP contribution in [0.25, 0.3) is 0 Å². The lowest BCUT2D eigenvalue weighted by atomic mass is 9.90. The van der Waals surface area contributed by atoms with Crippen molar-refractivity contribution in [1.29, 1.82) is 5.26 Å². The van der Waals surface area contributed by atoms with Gasteiger partial charge >= 0.3 is 6.18 Å². The first-order valence-electron chi connectivity index (χ1n) is 5.59. The lowest BCUT2D eigenvalue weighted by molar-refractivity contribution is -0.184. The van der Waals surface area contributed by atoms with Crippen molar-refractivity contribution in [1.82, 2.24) is 10.6 Å². The van der Waals surface area contributed by atoms with Gasteiger partial charge in [0.2, 0.25) is 0 Å². The first-order chi connectivity index (χ1) is 9.74. The third kappa shape index (κ3) is 2.17. The fourth-order valence-electron chi connectivity index (χ4n) is 1.99. The van der Waals surface area contributed by atoms with Crippen molar-refractivity contribution >= 4 is 23.2 Å². The molecule has 2 heterocycles. The number of rotatable bonds is 2. The molecule has 1 atom stereocenters. The fraction of sp³-hybridized carbons (Fsp3) is 0.250. The molecule has 21 heavy (non-hydrogen) atoms. The van der Waals surface area contributed by atoms with Gasteiger partial charge in [0.05, 0.1) is 16.5 Å². The molecular formula is C12H8F3N3O2S. The van der Waals surface area contributed by atoms with Crippen LogP contribution in [0.2, 0.25) is 0 Å². The van der Waals surface area contributed by atoms with Gasteiger partial charge in [-0.05, 0) is 18.4 Å².